The minimum Gasteiger partial charge on any atom is -0.508 e. The van der Waals surface area contributed by atoms with Gasteiger partial charge in [-0.2, -0.15) is 5.10 Å². The Morgan fingerprint density at radius 3 is 2.74 bits per heavy atom. The van der Waals surface area contributed by atoms with E-state index < -0.39 is 0 Å². The average molecular weight is 261 g/mol. The minimum absolute atomic E-state index is 0.276. The molecular weight excluding hydrogens is 242 g/mol. The van der Waals surface area contributed by atoms with Crippen molar-refractivity contribution in [1.82, 2.24) is 9.78 Å². The number of ether oxygens (including phenoxy) is 1. The summed E-state index contributed by atoms with van der Waals surface area (Å²) in [6.45, 7) is 4.55. The largest absolute Gasteiger partial charge is 0.508 e. The quantitative estimate of drug-likeness (QED) is 0.829. The Morgan fingerprint density at radius 1 is 1.37 bits per heavy atom. The molecule has 0 bridgehead atoms. The van der Waals surface area contributed by atoms with Gasteiger partial charge < -0.3 is 15.2 Å². The molecule has 0 unspecified atom stereocenters. The monoisotopic (exact) mass is 261 g/mol. The average Bonchev–Trinajstić information content (AvgIpc) is 2.62. The maximum Gasteiger partial charge on any atom is 0.216 e. The molecule has 0 atom stereocenters. The van der Waals surface area contributed by atoms with Gasteiger partial charge in [0.05, 0.1) is 18.4 Å². The van der Waals surface area contributed by atoms with E-state index in [2.05, 4.69) is 10.4 Å². The number of phenols is 1. The number of hydrogen-bond donors (Lipinski definition) is 2. The first-order valence-corrected chi connectivity index (χ1v) is 6.13. The Balaban J connectivity index is 2.19. The van der Waals surface area contributed by atoms with Crippen LogP contribution in [0.2, 0.25) is 0 Å². The molecule has 0 radical (unpaired) electrons. The highest BCUT2D eigenvalue weighted by atomic mass is 16.5. The van der Waals surface area contributed by atoms with Gasteiger partial charge in [-0.3, -0.25) is 0 Å². The smallest absolute Gasteiger partial charge is 0.216 e. The zero-order valence-corrected chi connectivity index (χ0v) is 11.7. The van der Waals surface area contributed by atoms with Crippen molar-refractivity contribution in [1.29, 1.82) is 0 Å². The second-order valence-electron chi connectivity index (χ2n) is 4.55. The number of hydrogen-bond acceptors (Lipinski definition) is 4. The van der Waals surface area contributed by atoms with E-state index in [0.717, 1.165) is 28.4 Å². The highest BCUT2D eigenvalue weighted by Gasteiger charge is 2.13. The van der Waals surface area contributed by atoms with E-state index in [1.165, 1.54) is 0 Å². The summed E-state index contributed by atoms with van der Waals surface area (Å²) >= 11 is 0. The first kappa shape index (κ1) is 13.3. The summed E-state index contributed by atoms with van der Waals surface area (Å²) in [6.07, 6.45) is 0. The molecule has 0 aliphatic rings. The molecule has 19 heavy (non-hydrogen) atoms. The van der Waals surface area contributed by atoms with Crippen molar-refractivity contribution in [2.24, 2.45) is 7.05 Å². The van der Waals surface area contributed by atoms with E-state index in [1.54, 1.807) is 23.9 Å². The Morgan fingerprint density at radius 2 is 2.11 bits per heavy atom. The van der Waals surface area contributed by atoms with Crippen molar-refractivity contribution in [3.8, 4) is 11.6 Å². The topological polar surface area (TPSA) is 59.3 Å². The van der Waals surface area contributed by atoms with Crippen LogP contribution in [0.3, 0.4) is 0 Å². The van der Waals surface area contributed by atoms with Crippen molar-refractivity contribution in [3.63, 3.8) is 0 Å². The molecule has 0 aliphatic carbocycles. The molecule has 0 saturated heterocycles. The van der Waals surface area contributed by atoms with Crippen LogP contribution in [0.4, 0.5) is 5.69 Å². The third-order valence-corrected chi connectivity index (χ3v) is 3.15. The summed E-state index contributed by atoms with van der Waals surface area (Å²) in [5, 5.41) is 17.1. The van der Waals surface area contributed by atoms with Crippen molar-refractivity contribution in [2.75, 3.05) is 12.4 Å². The highest BCUT2D eigenvalue weighted by Crippen LogP contribution is 2.24. The second kappa shape index (κ2) is 5.22. The summed E-state index contributed by atoms with van der Waals surface area (Å²) in [5.74, 6) is 1.04. The van der Waals surface area contributed by atoms with Gasteiger partial charge in [0.25, 0.3) is 0 Å². The SMILES string of the molecule is COc1c(CNc2ccc(O)cc2C)c(C)nn1C. The predicted molar refractivity (Wildman–Crippen MR) is 74.7 cm³/mol. The lowest BCUT2D eigenvalue weighted by molar-refractivity contribution is 0.370. The van der Waals surface area contributed by atoms with Crippen LogP contribution in [0.5, 0.6) is 11.6 Å². The first-order valence-electron chi connectivity index (χ1n) is 6.13. The van der Waals surface area contributed by atoms with Gasteiger partial charge >= 0.3 is 0 Å². The van der Waals surface area contributed by atoms with Crippen LogP contribution in [0.25, 0.3) is 0 Å². The van der Waals surface area contributed by atoms with Crippen LogP contribution < -0.4 is 10.1 Å². The van der Waals surface area contributed by atoms with E-state index in [4.69, 9.17) is 4.74 Å². The zero-order valence-electron chi connectivity index (χ0n) is 11.7. The molecule has 2 N–H and O–H groups in total. The summed E-state index contributed by atoms with van der Waals surface area (Å²) in [5.41, 5.74) is 3.98. The standard InChI is InChI=1S/C14H19N3O2/c1-9-7-11(18)5-6-13(9)15-8-12-10(2)16-17(3)14(12)19-4/h5-7,15,18H,8H2,1-4H3. The van der Waals surface area contributed by atoms with Gasteiger partial charge in [0.2, 0.25) is 5.88 Å². The number of methoxy groups -OCH3 is 1. The highest BCUT2D eigenvalue weighted by molar-refractivity contribution is 5.54. The summed E-state index contributed by atoms with van der Waals surface area (Å²) in [6, 6.07) is 5.27. The van der Waals surface area contributed by atoms with Crippen molar-refractivity contribution in [2.45, 2.75) is 20.4 Å². The molecular formula is C14H19N3O2. The van der Waals surface area contributed by atoms with Gasteiger partial charge in [-0.05, 0) is 37.6 Å². The number of benzene rings is 1. The van der Waals surface area contributed by atoms with Crippen molar-refractivity contribution in [3.05, 3.63) is 35.0 Å². The van der Waals surface area contributed by atoms with E-state index >= 15 is 0 Å². The Kier molecular flexibility index (Phi) is 3.64. The Hall–Kier alpha value is -2.17. The normalized spacial score (nSPS) is 10.5. The maximum absolute atomic E-state index is 9.39. The number of anilines is 1. The number of aryl methyl sites for hydroxylation is 3. The zero-order chi connectivity index (χ0) is 14.0. The third-order valence-electron chi connectivity index (χ3n) is 3.15. The lowest BCUT2D eigenvalue weighted by Crippen LogP contribution is -2.03. The predicted octanol–water partition coefficient (Wildman–Crippen LogP) is 2.36. The molecule has 1 heterocycles. The molecule has 5 heteroatoms. The van der Waals surface area contributed by atoms with Gasteiger partial charge in [0.15, 0.2) is 0 Å². The Bertz CT molecular complexity index is 591. The number of rotatable bonds is 4. The third kappa shape index (κ3) is 2.65. The molecule has 5 nitrogen and oxygen atoms in total. The lowest BCUT2D eigenvalue weighted by atomic mass is 10.1. The van der Waals surface area contributed by atoms with Gasteiger partial charge in [-0.1, -0.05) is 0 Å². The van der Waals surface area contributed by atoms with E-state index in [1.807, 2.05) is 27.0 Å². The van der Waals surface area contributed by atoms with Crippen LogP contribution in [-0.4, -0.2) is 22.0 Å². The molecule has 0 aliphatic heterocycles. The molecule has 0 amide bonds. The van der Waals surface area contributed by atoms with Crippen molar-refractivity contribution < 1.29 is 9.84 Å². The van der Waals surface area contributed by atoms with E-state index in [9.17, 15) is 5.11 Å². The fourth-order valence-electron chi connectivity index (χ4n) is 2.17. The minimum atomic E-state index is 0.276. The van der Waals surface area contributed by atoms with Crippen LogP contribution >= 0.6 is 0 Å². The molecule has 0 fully saturated rings. The number of phenolic OH excluding ortho intramolecular Hbond substituents is 1. The first-order chi connectivity index (χ1) is 9.02. The van der Waals surface area contributed by atoms with Gasteiger partial charge in [-0.25, -0.2) is 4.68 Å². The van der Waals surface area contributed by atoms with Crippen LogP contribution in [0.1, 0.15) is 16.8 Å². The van der Waals surface area contributed by atoms with Crippen LogP contribution in [-0.2, 0) is 13.6 Å². The molecule has 2 rings (SSSR count). The summed E-state index contributed by atoms with van der Waals surface area (Å²) in [4.78, 5) is 0. The van der Waals surface area contributed by atoms with Crippen molar-refractivity contribution >= 4 is 5.69 Å². The van der Waals surface area contributed by atoms with E-state index in [0.29, 0.717) is 6.54 Å². The number of aromatic nitrogens is 2. The van der Waals surface area contributed by atoms with E-state index in [-0.39, 0.29) is 5.75 Å². The molecule has 1 aromatic carbocycles. The molecule has 102 valence electrons. The van der Waals surface area contributed by atoms with Crippen LogP contribution in [0.15, 0.2) is 18.2 Å². The number of aromatic hydroxyl groups is 1. The second-order valence-corrected chi connectivity index (χ2v) is 4.55. The molecule has 0 saturated carbocycles. The Labute approximate surface area is 112 Å². The summed E-state index contributed by atoms with van der Waals surface area (Å²) in [7, 11) is 3.51. The molecule has 2 aromatic rings. The fraction of sp³-hybridized carbons (Fsp3) is 0.357. The van der Waals surface area contributed by atoms with Gasteiger partial charge in [0.1, 0.15) is 5.75 Å². The number of nitrogens with one attached hydrogen (secondary N) is 1. The van der Waals surface area contributed by atoms with Gasteiger partial charge in [-0.15, -0.1) is 0 Å². The lowest BCUT2D eigenvalue weighted by Gasteiger charge is -2.10. The summed E-state index contributed by atoms with van der Waals surface area (Å²) < 4.78 is 7.09. The number of nitrogens with zero attached hydrogens (tertiary/aromatic N) is 2. The van der Waals surface area contributed by atoms with Gasteiger partial charge in [0, 0.05) is 19.3 Å². The van der Waals surface area contributed by atoms with Crippen LogP contribution in [0, 0.1) is 13.8 Å². The maximum atomic E-state index is 9.39. The molecule has 0 spiro atoms. The fourth-order valence-corrected chi connectivity index (χ4v) is 2.17. The molecule has 1 aromatic heterocycles.